The second kappa shape index (κ2) is 9.44. The molecule has 14 heteroatoms. The van der Waals surface area contributed by atoms with Gasteiger partial charge in [0.25, 0.3) is 11.8 Å². The van der Waals surface area contributed by atoms with Crippen LogP contribution >= 0.6 is 0 Å². The molecule has 0 saturated carbocycles. The Morgan fingerprint density at radius 1 is 1.09 bits per heavy atom. The van der Waals surface area contributed by atoms with Crippen LogP contribution in [-0.2, 0) is 15.9 Å². The highest BCUT2D eigenvalue weighted by Crippen LogP contribution is 2.36. The van der Waals surface area contributed by atoms with E-state index in [0.29, 0.717) is 6.07 Å². The van der Waals surface area contributed by atoms with Crippen LogP contribution in [0.25, 0.3) is 0 Å². The molecule has 1 heterocycles. The molecule has 3 aromatic rings. The highest BCUT2D eigenvalue weighted by molar-refractivity contribution is 7.91. The predicted molar refractivity (Wildman–Crippen MR) is 114 cm³/mol. The number of amides is 1. The lowest BCUT2D eigenvalue weighted by molar-refractivity contribution is -0.142. The lowest BCUT2D eigenvalue weighted by Gasteiger charge is -2.16. The van der Waals surface area contributed by atoms with Crippen molar-refractivity contribution in [3.63, 3.8) is 0 Å². The van der Waals surface area contributed by atoms with Gasteiger partial charge in [-0.1, -0.05) is 6.07 Å². The van der Waals surface area contributed by atoms with Gasteiger partial charge in [0.1, 0.15) is 5.56 Å². The number of aromatic nitrogens is 2. The Kier molecular flexibility index (Phi) is 6.96. The Morgan fingerprint density at radius 2 is 1.74 bits per heavy atom. The molecule has 3 rings (SSSR count). The molecule has 186 valence electrons. The van der Waals surface area contributed by atoms with E-state index < -0.39 is 67.6 Å². The first-order valence-electron chi connectivity index (χ1n) is 9.53. The van der Waals surface area contributed by atoms with Gasteiger partial charge in [0.05, 0.1) is 16.8 Å². The summed E-state index contributed by atoms with van der Waals surface area (Å²) in [6.07, 6.45) is -3.83. The van der Waals surface area contributed by atoms with Gasteiger partial charge >= 0.3 is 6.18 Å². The predicted octanol–water partition coefficient (Wildman–Crippen LogP) is 5.17. The molecule has 1 aromatic heterocycles. The molecule has 0 aliphatic carbocycles. The summed E-state index contributed by atoms with van der Waals surface area (Å²) in [5.74, 6) is -5.36. The van der Waals surface area contributed by atoms with Gasteiger partial charge in [0, 0.05) is 29.0 Å². The van der Waals surface area contributed by atoms with E-state index in [0.717, 1.165) is 26.4 Å². The zero-order valence-corrected chi connectivity index (χ0v) is 19.1. The third-order valence-electron chi connectivity index (χ3n) is 4.64. The first kappa shape index (κ1) is 25.8. The number of halogens is 5. The molecule has 1 atom stereocenters. The smallest absolute Gasteiger partial charge is 0.435 e. The van der Waals surface area contributed by atoms with Crippen LogP contribution in [0.4, 0.5) is 27.6 Å². The van der Waals surface area contributed by atoms with Gasteiger partial charge in [-0.3, -0.25) is 4.79 Å². The summed E-state index contributed by atoms with van der Waals surface area (Å²) in [4.78, 5) is 13.1. The average Bonchev–Trinajstić information content (AvgIpc) is 2.74. The largest absolute Gasteiger partial charge is 0.494 e. The minimum atomic E-state index is -4.98. The molecule has 8 nitrogen and oxygen atoms in total. The van der Waals surface area contributed by atoms with E-state index in [1.54, 1.807) is 0 Å². The number of carbonyl (C=O) groups excluding carboxylic acids is 1. The molecular formula is C21H17F5N4O4S. The van der Waals surface area contributed by atoms with E-state index in [4.69, 9.17) is 14.3 Å². The highest BCUT2D eigenvalue weighted by Gasteiger charge is 2.38. The van der Waals surface area contributed by atoms with Crippen molar-refractivity contribution in [3.05, 3.63) is 64.9 Å². The van der Waals surface area contributed by atoms with Crippen LogP contribution in [0.5, 0.6) is 17.4 Å². The van der Waals surface area contributed by atoms with Crippen molar-refractivity contribution in [3.8, 4) is 17.4 Å². The van der Waals surface area contributed by atoms with Gasteiger partial charge in [-0.15, -0.1) is 10.2 Å². The maximum atomic E-state index is 14.3. The molecular weight excluding hydrogens is 499 g/mol. The van der Waals surface area contributed by atoms with E-state index in [1.807, 2.05) is 0 Å². The van der Waals surface area contributed by atoms with Crippen molar-refractivity contribution in [2.24, 2.45) is 0 Å². The van der Waals surface area contributed by atoms with E-state index >= 15 is 0 Å². The topological polar surface area (TPSA) is 114 Å². The standard InChI is InChI=1S/C21H17F5N4O4S/c1-10-17(19(31)28-11-5-4-6-12(7-11)35(3,27)32)20(30-29-18(10)21(24,25)26)34-16-9-15(33-2)13(22)8-14(16)23/h4-9,27H,1-3H3,(H,28,31). The maximum Gasteiger partial charge on any atom is 0.435 e. The van der Waals surface area contributed by atoms with Crippen molar-refractivity contribution in [1.82, 2.24) is 10.2 Å². The lowest BCUT2D eigenvalue weighted by atomic mass is 10.1. The van der Waals surface area contributed by atoms with Crippen LogP contribution in [-0.4, -0.2) is 33.7 Å². The molecule has 0 aliphatic heterocycles. The van der Waals surface area contributed by atoms with Crippen LogP contribution < -0.4 is 14.8 Å². The number of methoxy groups -OCH3 is 1. The van der Waals surface area contributed by atoms with E-state index in [1.165, 1.54) is 24.3 Å². The minimum absolute atomic E-state index is 0.0136. The van der Waals surface area contributed by atoms with Crippen LogP contribution in [0.2, 0.25) is 0 Å². The molecule has 0 radical (unpaired) electrons. The Morgan fingerprint density at radius 3 is 2.34 bits per heavy atom. The summed E-state index contributed by atoms with van der Waals surface area (Å²) in [7, 11) is -2.06. The molecule has 2 aromatic carbocycles. The van der Waals surface area contributed by atoms with Crippen LogP contribution in [0.3, 0.4) is 0 Å². The monoisotopic (exact) mass is 516 g/mol. The first-order chi connectivity index (χ1) is 16.2. The van der Waals surface area contributed by atoms with Crippen LogP contribution in [0.15, 0.2) is 41.3 Å². The second-order valence-corrected chi connectivity index (χ2v) is 9.36. The number of hydrogen-bond acceptors (Lipinski definition) is 7. The molecule has 35 heavy (non-hydrogen) atoms. The first-order valence-corrected chi connectivity index (χ1v) is 11.5. The van der Waals surface area contributed by atoms with Crippen LogP contribution in [0, 0.1) is 23.3 Å². The number of alkyl halides is 3. The molecule has 2 N–H and O–H groups in total. The zero-order valence-electron chi connectivity index (χ0n) is 18.3. The van der Waals surface area contributed by atoms with E-state index in [-0.39, 0.29) is 10.6 Å². The summed E-state index contributed by atoms with van der Waals surface area (Å²) in [5.41, 5.74) is -2.88. The van der Waals surface area contributed by atoms with Crippen molar-refractivity contribution < 1.29 is 40.4 Å². The molecule has 0 fully saturated rings. The summed E-state index contributed by atoms with van der Waals surface area (Å²) in [6.45, 7) is 0.944. The van der Waals surface area contributed by atoms with Crippen molar-refractivity contribution in [1.29, 1.82) is 4.78 Å². The van der Waals surface area contributed by atoms with Crippen LogP contribution in [0.1, 0.15) is 21.6 Å². The van der Waals surface area contributed by atoms with Gasteiger partial charge in [0.2, 0.25) is 0 Å². The average molecular weight is 516 g/mol. The minimum Gasteiger partial charge on any atom is -0.494 e. The number of benzene rings is 2. The van der Waals surface area contributed by atoms with E-state index in [2.05, 4.69) is 15.5 Å². The summed E-state index contributed by atoms with van der Waals surface area (Å²) in [6, 6.07) is 6.55. The molecule has 0 aliphatic rings. The number of ether oxygens (including phenoxy) is 2. The number of nitrogens with zero attached hydrogens (tertiary/aromatic N) is 2. The fourth-order valence-electron chi connectivity index (χ4n) is 2.97. The number of hydrogen-bond donors (Lipinski definition) is 2. The van der Waals surface area contributed by atoms with Gasteiger partial charge in [-0.25, -0.2) is 17.8 Å². The SMILES string of the molecule is COc1cc(Oc2nnc(C(F)(F)F)c(C)c2C(=O)Nc2cccc(S(C)(=N)=O)c2)c(F)cc1F. The highest BCUT2D eigenvalue weighted by atomic mass is 32.2. The Labute approximate surface area is 196 Å². The Balaban J connectivity index is 2.11. The number of carbonyl (C=O) groups is 1. The van der Waals surface area contributed by atoms with Crippen molar-refractivity contribution in [2.75, 3.05) is 18.7 Å². The zero-order chi connectivity index (χ0) is 26.1. The fraction of sp³-hybridized carbons (Fsp3) is 0.190. The summed E-state index contributed by atoms with van der Waals surface area (Å²) < 4.78 is 97.8. The maximum absolute atomic E-state index is 14.3. The third-order valence-corrected chi connectivity index (χ3v) is 5.79. The second-order valence-electron chi connectivity index (χ2n) is 7.20. The molecule has 0 bridgehead atoms. The normalized spacial score (nSPS) is 13.1. The van der Waals surface area contributed by atoms with E-state index in [9.17, 15) is 31.0 Å². The molecule has 0 spiro atoms. The number of nitrogens with one attached hydrogen (secondary N) is 2. The van der Waals surface area contributed by atoms with Gasteiger partial charge in [-0.05, 0) is 30.7 Å². The molecule has 1 unspecified atom stereocenters. The Bertz CT molecular complexity index is 1410. The van der Waals surface area contributed by atoms with Gasteiger partial charge in [-0.2, -0.15) is 13.2 Å². The lowest BCUT2D eigenvalue weighted by Crippen LogP contribution is -2.21. The van der Waals surface area contributed by atoms with Crippen molar-refractivity contribution >= 4 is 21.3 Å². The fourth-order valence-corrected chi connectivity index (χ4v) is 3.66. The summed E-state index contributed by atoms with van der Waals surface area (Å²) in [5, 5.41) is 8.69. The Hall–Kier alpha value is -3.81. The van der Waals surface area contributed by atoms with Gasteiger partial charge in [0.15, 0.2) is 28.8 Å². The van der Waals surface area contributed by atoms with Gasteiger partial charge < -0.3 is 14.8 Å². The quantitative estimate of drug-likeness (QED) is 0.437. The third kappa shape index (κ3) is 5.65. The molecule has 1 amide bonds. The number of rotatable bonds is 6. The summed E-state index contributed by atoms with van der Waals surface area (Å²) >= 11 is 0. The number of anilines is 1. The molecule has 0 saturated heterocycles. The van der Waals surface area contributed by atoms with Crippen molar-refractivity contribution in [2.45, 2.75) is 18.0 Å².